The first-order chi connectivity index (χ1) is 14.1. The fraction of sp³-hybridized carbons (Fsp3) is 0.304. The van der Waals surface area contributed by atoms with Crippen molar-refractivity contribution in [2.75, 3.05) is 32.1 Å². The van der Waals surface area contributed by atoms with E-state index < -0.39 is 0 Å². The minimum Gasteiger partial charge on any atom is -0.494 e. The second-order valence-corrected chi connectivity index (χ2v) is 6.86. The molecule has 6 heteroatoms. The first-order valence-corrected chi connectivity index (χ1v) is 9.83. The van der Waals surface area contributed by atoms with Crippen LogP contribution in [0.4, 0.5) is 5.69 Å². The summed E-state index contributed by atoms with van der Waals surface area (Å²) in [7, 11) is 1.79. The molecule has 0 spiro atoms. The van der Waals surface area contributed by atoms with Crippen LogP contribution in [0.2, 0.25) is 0 Å². The summed E-state index contributed by atoms with van der Waals surface area (Å²) in [5.74, 6) is 0.667. The monoisotopic (exact) mass is 394 g/mol. The molecule has 2 aromatic carbocycles. The highest BCUT2D eigenvalue weighted by atomic mass is 16.5. The first-order valence-electron chi connectivity index (χ1n) is 9.83. The molecule has 0 saturated carbocycles. The van der Waals surface area contributed by atoms with Gasteiger partial charge in [0.25, 0.3) is 5.91 Å². The number of benzene rings is 2. The van der Waals surface area contributed by atoms with E-state index >= 15 is 0 Å². The molecule has 0 radical (unpaired) electrons. The molecule has 1 heterocycles. The van der Waals surface area contributed by atoms with Crippen molar-refractivity contribution >= 4 is 22.6 Å². The molecule has 0 bridgehead atoms. The van der Waals surface area contributed by atoms with Crippen LogP contribution in [0.3, 0.4) is 0 Å². The van der Waals surface area contributed by atoms with Crippen LogP contribution in [0.25, 0.3) is 11.0 Å². The van der Waals surface area contributed by atoms with Gasteiger partial charge in [-0.3, -0.25) is 4.79 Å². The van der Waals surface area contributed by atoms with Crippen LogP contribution in [-0.4, -0.2) is 37.6 Å². The molecular weight excluding hydrogens is 368 g/mol. The van der Waals surface area contributed by atoms with Gasteiger partial charge in [-0.05, 0) is 43.2 Å². The van der Waals surface area contributed by atoms with Gasteiger partial charge >= 0.3 is 5.63 Å². The van der Waals surface area contributed by atoms with E-state index in [1.165, 1.54) is 6.07 Å². The molecule has 0 aliphatic carbocycles. The highest BCUT2D eigenvalue weighted by Gasteiger charge is 2.12. The molecule has 0 saturated heterocycles. The number of carbonyl (C=O) groups is 1. The average Bonchev–Trinajstić information content (AvgIpc) is 2.74. The number of para-hydroxylation sites is 1. The molecular formula is C23H26N2O4. The fourth-order valence-electron chi connectivity index (χ4n) is 3.06. The van der Waals surface area contributed by atoms with Gasteiger partial charge in [0.05, 0.1) is 12.3 Å². The Morgan fingerprint density at radius 1 is 1.14 bits per heavy atom. The predicted octanol–water partition coefficient (Wildman–Crippen LogP) is 4.16. The van der Waals surface area contributed by atoms with Gasteiger partial charge in [0.2, 0.25) is 0 Å². The number of anilines is 1. The average molecular weight is 394 g/mol. The van der Waals surface area contributed by atoms with Gasteiger partial charge in [0, 0.05) is 37.2 Å². The Bertz CT molecular complexity index is 1030. The fourth-order valence-corrected chi connectivity index (χ4v) is 3.06. The Labute approximate surface area is 170 Å². The Morgan fingerprint density at radius 3 is 2.79 bits per heavy atom. The van der Waals surface area contributed by atoms with Gasteiger partial charge in [0.15, 0.2) is 0 Å². The van der Waals surface area contributed by atoms with Crippen LogP contribution in [0, 0.1) is 0 Å². The van der Waals surface area contributed by atoms with Gasteiger partial charge in [-0.1, -0.05) is 25.1 Å². The van der Waals surface area contributed by atoms with Crippen molar-refractivity contribution in [3.8, 4) is 5.75 Å². The summed E-state index contributed by atoms with van der Waals surface area (Å²) in [6.45, 7) is 3.89. The quantitative estimate of drug-likeness (QED) is 0.436. The summed E-state index contributed by atoms with van der Waals surface area (Å²) in [6, 6.07) is 16.1. The number of nitrogens with one attached hydrogen (secondary N) is 1. The van der Waals surface area contributed by atoms with Gasteiger partial charge in [0.1, 0.15) is 11.3 Å². The van der Waals surface area contributed by atoms with Gasteiger partial charge < -0.3 is 19.4 Å². The molecule has 1 amide bonds. The molecule has 0 fully saturated rings. The topological polar surface area (TPSA) is 71.8 Å². The van der Waals surface area contributed by atoms with Crippen molar-refractivity contribution in [2.24, 2.45) is 0 Å². The maximum absolute atomic E-state index is 12.7. The van der Waals surface area contributed by atoms with E-state index in [-0.39, 0.29) is 11.5 Å². The van der Waals surface area contributed by atoms with Crippen molar-refractivity contribution < 1.29 is 13.9 Å². The third-order valence-corrected chi connectivity index (χ3v) is 4.54. The molecule has 6 nitrogen and oxygen atoms in total. The number of fused-ring (bicyclic) bond motifs is 1. The van der Waals surface area contributed by atoms with Gasteiger partial charge in [-0.25, -0.2) is 4.79 Å². The lowest BCUT2D eigenvalue weighted by molar-refractivity contribution is 0.0794. The maximum atomic E-state index is 12.7. The molecule has 0 atom stereocenters. The minimum atomic E-state index is -0.385. The third kappa shape index (κ3) is 5.38. The van der Waals surface area contributed by atoms with Crippen LogP contribution < -0.4 is 15.7 Å². The van der Waals surface area contributed by atoms with Crippen molar-refractivity contribution in [1.29, 1.82) is 0 Å². The number of hydrogen-bond acceptors (Lipinski definition) is 5. The molecule has 1 aromatic heterocycles. The number of rotatable bonds is 9. The van der Waals surface area contributed by atoms with E-state index in [4.69, 9.17) is 9.15 Å². The van der Waals surface area contributed by atoms with E-state index in [1.54, 1.807) is 30.1 Å². The molecule has 0 aliphatic rings. The highest BCUT2D eigenvalue weighted by molar-refractivity contribution is 5.94. The second kappa shape index (κ2) is 9.78. The lowest BCUT2D eigenvalue weighted by Gasteiger charge is -2.18. The Balaban J connectivity index is 1.54. The van der Waals surface area contributed by atoms with E-state index in [0.717, 1.165) is 23.9 Å². The van der Waals surface area contributed by atoms with E-state index in [0.29, 0.717) is 36.6 Å². The molecule has 3 rings (SSSR count). The lowest BCUT2D eigenvalue weighted by Crippen LogP contribution is -2.28. The van der Waals surface area contributed by atoms with Crippen LogP contribution in [0.15, 0.2) is 63.8 Å². The summed E-state index contributed by atoms with van der Waals surface area (Å²) in [6.07, 6.45) is 1.66. The van der Waals surface area contributed by atoms with E-state index in [1.807, 2.05) is 37.3 Å². The molecule has 152 valence electrons. The summed E-state index contributed by atoms with van der Waals surface area (Å²) in [5, 5.41) is 4.14. The summed E-state index contributed by atoms with van der Waals surface area (Å²) < 4.78 is 10.8. The maximum Gasteiger partial charge on any atom is 0.338 e. The van der Waals surface area contributed by atoms with Crippen LogP contribution in [0.5, 0.6) is 5.75 Å². The standard InChI is InChI=1S/C23H26N2O4/c1-3-14-28-18-9-6-8-17(15-18)23(27)25(2)13-7-12-24-20-16-22(26)29-21-11-5-4-10-19(20)21/h4-6,8-11,15-16,24H,3,7,12-14H2,1-2H3. The van der Waals surface area contributed by atoms with Crippen molar-refractivity contribution in [2.45, 2.75) is 19.8 Å². The largest absolute Gasteiger partial charge is 0.494 e. The first kappa shape index (κ1) is 20.5. The van der Waals surface area contributed by atoms with Gasteiger partial charge in [-0.2, -0.15) is 0 Å². The summed E-state index contributed by atoms with van der Waals surface area (Å²) in [5.41, 5.74) is 1.52. The zero-order valence-electron chi connectivity index (χ0n) is 16.8. The number of hydrogen-bond donors (Lipinski definition) is 1. The normalized spacial score (nSPS) is 10.7. The zero-order chi connectivity index (χ0) is 20.6. The highest BCUT2D eigenvalue weighted by Crippen LogP contribution is 2.21. The number of ether oxygens (including phenoxy) is 1. The third-order valence-electron chi connectivity index (χ3n) is 4.54. The van der Waals surface area contributed by atoms with Crippen molar-refractivity contribution in [3.63, 3.8) is 0 Å². The van der Waals surface area contributed by atoms with E-state index in [9.17, 15) is 9.59 Å². The number of nitrogens with zero attached hydrogens (tertiary/aromatic N) is 1. The SMILES string of the molecule is CCCOc1cccc(C(=O)N(C)CCCNc2cc(=O)oc3ccccc23)c1. The number of amides is 1. The minimum absolute atomic E-state index is 0.0437. The molecule has 0 unspecified atom stereocenters. The molecule has 3 aromatic rings. The zero-order valence-corrected chi connectivity index (χ0v) is 16.8. The summed E-state index contributed by atoms with van der Waals surface area (Å²) in [4.78, 5) is 26.1. The predicted molar refractivity (Wildman–Crippen MR) is 115 cm³/mol. The van der Waals surface area contributed by atoms with Crippen molar-refractivity contribution in [3.05, 3.63) is 70.6 Å². The second-order valence-electron chi connectivity index (χ2n) is 6.86. The molecule has 29 heavy (non-hydrogen) atoms. The number of carbonyl (C=O) groups excluding carboxylic acids is 1. The Morgan fingerprint density at radius 2 is 1.97 bits per heavy atom. The molecule has 0 aliphatic heterocycles. The molecule has 1 N–H and O–H groups in total. The van der Waals surface area contributed by atoms with Crippen molar-refractivity contribution in [1.82, 2.24) is 4.90 Å². The van der Waals surface area contributed by atoms with Gasteiger partial charge in [-0.15, -0.1) is 0 Å². The summed E-state index contributed by atoms with van der Waals surface area (Å²) >= 11 is 0. The van der Waals surface area contributed by atoms with Crippen LogP contribution in [-0.2, 0) is 0 Å². The van der Waals surface area contributed by atoms with E-state index in [2.05, 4.69) is 5.32 Å². The Kier molecular flexibility index (Phi) is 6.89. The van der Waals surface area contributed by atoms with Crippen LogP contribution >= 0.6 is 0 Å². The Hall–Kier alpha value is -3.28. The smallest absolute Gasteiger partial charge is 0.338 e. The lowest BCUT2D eigenvalue weighted by atomic mass is 10.2. The van der Waals surface area contributed by atoms with Crippen LogP contribution in [0.1, 0.15) is 30.1 Å².